The summed E-state index contributed by atoms with van der Waals surface area (Å²) in [5.41, 5.74) is -0.126. The molecule has 0 spiro atoms. The summed E-state index contributed by atoms with van der Waals surface area (Å²) >= 11 is 3.22. The van der Waals surface area contributed by atoms with Gasteiger partial charge in [0.25, 0.3) is 0 Å². The molecule has 0 unspecified atom stereocenters. The molecule has 0 bridgehead atoms. The number of pyridine rings is 1. The Hall–Kier alpha value is -1.43. The van der Waals surface area contributed by atoms with Crippen LogP contribution in [-0.4, -0.2) is 22.5 Å². The second-order valence-corrected chi connectivity index (χ2v) is 5.59. The molecule has 0 saturated heterocycles. The van der Waals surface area contributed by atoms with E-state index in [1.165, 1.54) is 19.2 Å². The van der Waals surface area contributed by atoms with Gasteiger partial charge in [-0.1, -0.05) is 0 Å². The second kappa shape index (κ2) is 5.48. The van der Waals surface area contributed by atoms with E-state index < -0.39 is 11.7 Å². The predicted octanol–water partition coefficient (Wildman–Crippen LogP) is 3.39. The highest BCUT2D eigenvalue weighted by Gasteiger charge is 2.17. The van der Waals surface area contributed by atoms with Crippen molar-refractivity contribution in [2.75, 3.05) is 5.32 Å². The Balaban J connectivity index is 2.83. The lowest BCUT2D eigenvalue weighted by Gasteiger charge is -2.19. The highest BCUT2D eigenvalue weighted by molar-refractivity contribution is 9.10. The summed E-state index contributed by atoms with van der Waals surface area (Å²) in [6.45, 7) is 6.74. The Labute approximate surface area is 114 Å². The number of ketones is 1. The predicted molar refractivity (Wildman–Crippen MR) is 71.8 cm³/mol. The van der Waals surface area contributed by atoms with Crippen LogP contribution < -0.4 is 5.32 Å². The molecule has 0 aliphatic rings. The topological polar surface area (TPSA) is 68.3 Å². The standard InChI is InChI=1S/C12H15BrN2O3/c1-7(16)8-5-10(14-6-9(8)13)15-11(17)18-12(2,3)4/h5-6H,1-4H3,(H,14,15,17). The van der Waals surface area contributed by atoms with Gasteiger partial charge in [0.2, 0.25) is 0 Å². The van der Waals surface area contributed by atoms with Crippen LogP contribution in [0.1, 0.15) is 38.1 Å². The monoisotopic (exact) mass is 314 g/mol. The van der Waals surface area contributed by atoms with E-state index in [2.05, 4.69) is 26.2 Å². The zero-order valence-electron chi connectivity index (χ0n) is 10.7. The molecule has 0 atom stereocenters. The molecule has 0 saturated carbocycles. The highest BCUT2D eigenvalue weighted by atomic mass is 79.9. The minimum absolute atomic E-state index is 0.114. The van der Waals surface area contributed by atoms with Crippen molar-refractivity contribution in [3.63, 3.8) is 0 Å². The maximum atomic E-state index is 11.5. The lowest BCUT2D eigenvalue weighted by Crippen LogP contribution is -2.27. The van der Waals surface area contributed by atoms with Crippen LogP contribution in [0.5, 0.6) is 0 Å². The van der Waals surface area contributed by atoms with Gasteiger partial charge in [0.1, 0.15) is 11.4 Å². The molecule has 0 aliphatic carbocycles. The second-order valence-electron chi connectivity index (χ2n) is 4.73. The maximum absolute atomic E-state index is 11.5. The molecule has 1 rings (SSSR count). The first-order valence-corrected chi connectivity index (χ1v) is 6.15. The van der Waals surface area contributed by atoms with Crippen LogP contribution in [0.2, 0.25) is 0 Å². The molecule has 0 fully saturated rings. The number of halogens is 1. The molecule has 0 aromatic carbocycles. The van der Waals surface area contributed by atoms with Crippen LogP contribution in [0.4, 0.5) is 10.6 Å². The van der Waals surface area contributed by atoms with Gasteiger partial charge in [-0.15, -0.1) is 0 Å². The van der Waals surface area contributed by atoms with Gasteiger partial charge in [-0.3, -0.25) is 10.1 Å². The number of anilines is 1. The Morgan fingerprint density at radius 1 is 1.39 bits per heavy atom. The number of carbonyl (C=O) groups is 2. The fourth-order valence-electron chi connectivity index (χ4n) is 1.19. The van der Waals surface area contributed by atoms with Gasteiger partial charge in [0, 0.05) is 16.2 Å². The van der Waals surface area contributed by atoms with Crippen molar-refractivity contribution >= 4 is 33.6 Å². The van der Waals surface area contributed by atoms with E-state index in [1.54, 1.807) is 20.8 Å². The van der Waals surface area contributed by atoms with E-state index in [9.17, 15) is 9.59 Å². The normalized spacial score (nSPS) is 10.9. The molecular formula is C12H15BrN2O3. The minimum atomic E-state index is -0.605. The molecule has 1 aromatic heterocycles. The summed E-state index contributed by atoms with van der Waals surface area (Å²) in [7, 11) is 0. The number of hydrogen-bond donors (Lipinski definition) is 1. The van der Waals surface area contributed by atoms with E-state index in [1.807, 2.05) is 0 Å². The molecule has 0 radical (unpaired) electrons. The van der Waals surface area contributed by atoms with Crippen LogP contribution in [0.3, 0.4) is 0 Å². The largest absolute Gasteiger partial charge is 0.444 e. The molecule has 1 amide bonds. The molecule has 6 heteroatoms. The molecule has 5 nitrogen and oxygen atoms in total. The number of Topliss-reactive ketones (excluding diaryl/α,β-unsaturated/α-hetero) is 1. The van der Waals surface area contributed by atoms with Crippen molar-refractivity contribution in [3.8, 4) is 0 Å². The van der Waals surface area contributed by atoms with Crippen molar-refractivity contribution in [1.82, 2.24) is 4.98 Å². The van der Waals surface area contributed by atoms with E-state index in [-0.39, 0.29) is 11.6 Å². The van der Waals surface area contributed by atoms with Crippen LogP contribution in [0.15, 0.2) is 16.7 Å². The van der Waals surface area contributed by atoms with Gasteiger partial charge < -0.3 is 4.74 Å². The molecule has 0 aliphatic heterocycles. The van der Waals surface area contributed by atoms with E-state index in [0.717, 1.165) is 0 Å². The fraction of sp³-hybridized carbons (Fsp3) is 0.417. The number of aromatic nitrogens is 1. The molecule has 1 aromatic rings. The third kappa shape index (κ3) is 4.44. The van der Waals surface area contributed by atoms with Crippen molar-refractivity contribution in [1.29, 1.82) is 0 Å². The van der Waals surface area contributed by atoms with Crippen molar-refractivity contribution in [3.05, 3.63) is 22.3 Å². The molecule has 18 heavy (non-hydrogen) atoms. The quantitative estimate of drug-likeness (QED) is 0.849. The number of nitrogens with one attached hydrogen (secondary N) is 1. The van der Waals surface area contributed by atoms with Gasteiger partial charge in [0.15, 0.2) is 5.78 Å². The summed E-state index contributed by atoms with van der Waals surface area (Å²) < 4.78 is 5.67. The summed E-state index contributed by atoms with van der Waals surface area (Å²) in [6, 6.07) is 1.50. The number of hydrogen-bond acceptors (Lipinski definition) is 4. The highest BCUT2D eigenvalue weighted by Crippen LogP contribution is 2.19. The Morgan fingerprint density at radius 3 is 2.50 bits per heavy atom. The lowest BCUT2D eigenvalue weighted by atomic mass is 10.2. The Kier molecular flexibility index (Phi) is 4.45. The SMILES string of the molecule is CC(=O)c1cc(NC(=O)OC(C)(C)C)ncc1Br. The maximum Gasteiger partial charge on any atom is 0.413 e. The number of carbonyl (C=O) groups excluding carboxylic acids is 2. The summed E-state index contributed by atoms with van der Waals surface area (Å²) in [4.78, 5) is 26.8. The van der Waals surface area contributed by atoms with Gasteiger partial charge in [-0.2, -0.15) is 0 Å². The summed E-state index contributed by atoms with van der Waals surface area (Å²) in [6.07, 6.45) is 0.857. The lowest BCUT2D eigenvalue weighted by molar-refractivity contribution is 0.0635. The third-order valence-corrected chi connectivity index (χ3v) is 2.50. The van der Waals surface area contributed by atoms with Crippen molar-refractivity contribution in [2.45, 2.75) is 33.3 Å². The van der Waals surface area contributed by atoms with Crippen molar-refractivity contribution in [2.24, 2.45) is 0 Å². The number of rotatable bonds is 2. The minimum Gasteiger partial charge on any atom is -0.444 e. The number of nitrogens with zero attached hydrogens (tertiary/aromatic N) is 1. The molecule has 1 heterocycles. The number of amides is 1. The van der Waals surface area contributed by atoms with Crippen molar-refractivity contribution < 1.29 is 14.3 Å². The summed E-state index contributed by atoms with van der Waals surface area (Å²) in [5.74, 6) is 0.161. The number of ether oxygens (including phenoxy) is 1. The fourth-order valence-corrected chi connectivity index (χ4v) is 1.68. The zero-order valence-corrected chi connectivity index (χ0v) is 12.3. The Bertz CT molecular complexity index is 481. The molecule has 98 valence electrons. The van der Waals surface area contributed by atoms with Crippen LogP contribution in [-0.2, 0) is 4.74 Å². The smallest absolute Gasteiger partial charge is 0.413 e. The van der Waals surface area contributed by atoms with Gasteiger partial charge in [-0.05, 0) is 49.7 Å². The van der Waals surface area contributed by atoms with Crippen LogP contribution in [0, 0.1) is 0 Å². The average molecular weight is 315 g/mol. The van der Waals surface area contributed by atoms with Gasteiger partial charge >= 0.3 is 6.09 Å². The van der Waals surface area contributed by atoms with Crippen LogP contribution >= 0.6 is 15.9 Å². The van der Waals surface area contributed by atoms with Gasteiger partial charge in [-0.25, -0.2) is 9.78 Å². The Morgan fingerprint density at radius 2 is 2.00 bits per heavy atom. The third-order valence-electron chi connectivity index (χ3n) is 1.86. The van der Waals surface area contributed by atoms with E-state index in [4.69, 9.17) is 4.74 Å². The van der Waals surface area contributed by atoms with Crippen LogP contribution in [0.25, 0.3) is 0 Å². The van der Waals surface area contributed by atoms with Gasteiger partial charge in [0.05, 0.1) is 0 Å². The summed E-state index contributed by atoms with van der Waals surface area (Å²) in [5, 5.41) is 2.48. The molecular weight excluding hydrogens is 300 g/mol. The van der Waals surface area contributed by atoms with E-state index in [0.29, 0.717) is 10.0 Å². The zero-order chi connectivity index (χ0) is 13.9. The first-order chi connectivity index (χ1) is 8.19. The first kappa shape index (κ1) is 14.6. The molecule has 1 N–H and O–H groups in total. The first-order valence-electron chi connectivity index (χ1n) is 5.35. The van der Waals surface area contributed by atoms with E-state index >= 15 is 0 Å². The average Bonchev–Trinajstić information content (AvgIpc) is 2.17.